The van der Waals surface area contributed by atoms with E-state index in [0.29, 0.717) is 17.2 Å². The summed E-state index contributed by atoms with van der Waals surface area (Å²) in [7, 11) is 0. The van der Waals surface area contributed by atoms with Crippen LogP contribution in [0.1, 0.15) is 63.5 Å². The van der Waals surface area contributed by atoms with Crippen LogP contribution in [-0.2, 0) is 6.54 Å². The summed E-state index contributed by atoms with van der Waals surface area (Å²) >= 11 is 5.87. The monoisotopic (exact) mass is 424 g/mol. The Morgan fingerprint density at radius 1 is 1.13 bits per heavy atom. The number of benzene rings is 1. The lowest BCUT2D eigenvalue weighted by molar-refractivity contribution is 0.100. The van der Waals surface area contributed by atoms with E-state index in [4.69, 9.17) is 12.2 Å². The Hall–Kier alpha value is -2.31. The van der Waals surface area contributed by atoms with Crippen molar-refractivity contribution in [2.45, 2.75) is 71.1 Å². The molecular weight excluding hydrogens is 392 g/mol. The van der Waals surface area contributed by atoms with Crippen LogP contribution in [0.2, 0.25) is 0 Å². The van der Waals surface area contributed by atoms with Crippen molar-refractivity contribution in [1.82, 2.24) is 15.2 Å². The minimum atomic E-state index is 0.00747. The number of pyridine rings is 1. The lowest BCUT2D eigenvalue weighted by atomic mass is 9.79. The number of hydrogen-bond donors (Lipinski definition) is 2. The molecule has 160 valence electrons. The Bertz CT molecular complexity index is 877. The summed E-state index contributed by atoms with van der Waals surface area (Å²) in [5.41, 5.74) is 2.58. The molecule has 0 saturated carbocycles. The average molecular weight is 425 g/mol. The molecule has 1 aromatic carbocycles. The zero-order chi connectivity index (χ0) is 21.9. The zero-order valence-electron chi connectivity index (χ0n) is 18.5. The number of piperidine rings is 1. The van der Waals surface area contributed by atoms with Gasteiger partial charge in [0.1, 0.15) is 0 Å². The molecule has 1 saturated heterocycles. The van der Waals surface area contributed by atoms with Gasteiger partial charge < -0.3 is 15.5 Å². The van der Waals surface area contributed by atoms with Crippen LogP contribution in [0.5, 0.6) is 0 Å². The van der Waals surface area contributed by atoms with E-state index in [0.717, 1.165) is 24.2 Å². The van der Waals surface area contributed by atoms with Crippen LogP contribution in [-0.4, -0.2) is 37.9 Å². The molecule has 1 aliphatic rings. The Labute approximate surface area is 185 Å². The van der Waals surface area contributed by atoms with Gasteiger partial charge in [-0.1, -0.05) is 6.07 Å². The van der Waals surface area contributed by atoms with Gasteiger partial charge in [-0.15, -0.1) is 0 Å². The van der Waals surface area contributed by atoms with Crippen molar-refractivity contribution in [2.24, 2.45) is 0 Å². The van der Waals surface area contributed by atoms with Crippen molar-refractivity contribution in [3.8, 4) is 0 Å². The van der Waals surface area contributed by atoms with Crippen molar-refractivity contribution in [3.05, 3.63) is 59.9 Å². The summed E-state index contributed by atoms with van der Waals surface area (Å²) < 4.78 is 0. The summed E-state index contributed by atoms with van der Waals surface area (Å²) in [6.07, 6.45) is 3.78. The van der Waals surface area contributed by atoms with E-state index >= 15 is 0 Å². The second-order valence-corrected chi connectivity index (χ2v) is 9.85. The molecule has 0 spiro atoms. The summed E-state index contributed by atoms with van der Waals surface area (Å²) in [5, 5.41) is 7.80. The van der Waals surface area contributed by atoms with Crippen molar-refractivity contribution < 1.29 is 4.79 Å². The largest absolute Gasteiger partial charge is 0.340 e. The van der Waals surface area contributed by atoms with E-state index in [-0.39, 0.29) is 22.9 Å². The number of thiocarbonyl (C=S) groups is 1. The van der Waals surface area contributed by atoms with Gasteiger partial charge in [0.2, 0.25) is 0 Å². The fourth-order valence-corrected chi connectivity index (χ4v) is 4.84. The highest BCUT2D eigenvalue weighted by Crippen LogP contribution is 2.32. The number of ketones is 1. The average Bonchev–Trinajstić information content (AvgIpc) is 2.64. The van der Waals surface area contributed by atoms with Crippen molar-refractivity contribution in [2.75, 3.05) is 5.32 Å². The topological polar surface area (TPSA) is 57.3 Å². The van der Waals surface area contributed by atoms with Gasteiger partial charge >= 0.3 is 0 Å². The molecule has 1 aliphatic heterocycles. The van der Waals surface area contributed by atoms with Gasteiger partial charge in [-0.25, -0.2) is 0 Å². The predicted molar refractivity (Wildman–Crippen MR) is 127 cm³/mol. The van der Waals surface area contributed by atoms with E-state index in [1.807, 2.05) is 48.7 Å². The second-order valence-electron chi connectivity index (χ2n) is 9.47. The predicted octanol–water partition coefficient (Wildman–Crippen LogP) is 4.79. The highest BCUT2D eigenvalue weighted by molar-refractivity contribution is 7.80. The van der Waals surface area contributed by atoms with Gasteiger partial charge in [0.15, 0.2) is 10.9 Å². The first-order valence-corrected chi connectivity index (χ1v) is 10.8. The maximum Gasteiger partial charge on any atom is 0.174 e. The van der Waals surface area contributed by atoms with Gasteiger partial charge in [0, 0.05) is 34.6 Å². The van der Waals surface area contributed by atoms with Crippen LogP contribution in [0.3, 0.4) is 0 Å². The number of anilines is 1. The number of carbonyl (C=O) groups excluding carboxylic acids is 1. The van der Waals surface area contributed by atoms with Gasteiger partial charge in [-0.3, -0.25) is 9.78 Å². The van der Waals surface area contributed by atoms with Crippen molar-refractivity contribution in [3.63, 3.8) is 0 Å². The zero-order valence-corrected chi connectivity index (χ0v) is 19.3. The molecule has 0 unspecified atom stereocenters. The molecule has 30 heavy (non-hydrogen) atoms. The van der Waals surface area contributed by atoms with Gasteiger partial charge in [0.05, 0.1) is 12.2 Å². The molecule has 0 amide bonds. The summed E-state index contributed by atoms with van der Waals surface area (Å²) in [5.74, 6) is 0.0556. The van der Waals surface area contributed by atoms with Gasteiger partial charge in [0.25, 0.3) is 0 Å². The molecule has 0 bridgehead atoms. The lowest BCUT2D eigenvalue weighted by Gasteiger charge is -2.50. The third-order valence-electron chi connectivity index (χ3n) is 5.47. The Morgan fingerprint density at radius 2 is 1.77 bits per heavy atom. The molecule has 2 N–H and O–H groups in total. The highest BCUT2D eigenvalue weighted by atomic mass is 32.1. The first kappa shape index (κ1) is 22.4. The van der Waals surface area contributed by atoms with Crippen LogP contribution >= 0.6 is 12.2 Å². The maximum absolute atomic E-state index is 11.6. The van der Waals surface area contributed by atoms with Crippen molar-refractivity contribution >= 4 is 28.8 Å². The molecule has 0 radical (unpaired) electrons. The Balaban J connectivity index is 1.84. The van der Waals surface area contributed by atoms with Crippen molar-refractivity contribution in [1.29, 1.82) is 0 Å². The minimum Gasteiger partial charge on any atom is -0.340 e. The number of nitrogens with zero attached hydrogens (tertiary/aromatic N) is 2. The van der Waals surface area contributed by atoms with Crippen LogP contribution in [0, 0.1) is 0 Å². The fraction of sp³-hybridized carbons (Fsp3) is 0.458. The fourth-order valence-electron chi connectivity index (χ4n) is 4.51. The van der Waals surface area contributed by atoms with Crippen LogP contribution < -0.4 is 10.6 Å². The second kappa shape index (κ2) is 8.82. The third kappa shape index (κ3) is 5.86. The molecule has 1 fully saturated rings. The minimum absolute atomic E-state index is 0.00747. The number of aromatic nitrogens is 1. The first-order chi connectivity index (χ1) is 14.0. The molecule has 5 nitrogen and oxygen atoms in total. The van der Waals surface area contributed by atoms with Gasteiger partial charge in [-0.05, 0) is 96.1 Å². The van der Waals surface area contributed by atoms with Crippen LogP contribution in [0.15, 0.2) is 48.7 Å². The summed E-state index contributed by atoms with van der Waals surface area (Å²) in [4.78, 5) is 18.3. The lowest BCUT2D eigenvalue weighted by Crippen LogP contribution is -2.63. The molecule has 0 aliphatic carbocycles. The van der Waals surface area contributed by atoms with E-state index in [1.54, 1.807) is 6.92 Å². The molecule has 2 heterocycles. The maximum atomic E-state index is 11.6. The standard InChI is InChI=1S/C24H32N4OS/c1-17(29)18-9-11-19(12-10-18)26-22(30)28(16-20-8-6-7-13-25-20)21-14-23(2,3)27-24(4,5)15-21/h6-13,21,27H,14-16H2,1-5H3,(H,26,30). The number of rotatable bonds is 5. The molecular formula is C24H32N4OS. The number of Topliss-reactive ketones (excluding diaryl/α,β-unsaturated/α-hetero) is 1. The van der Waals surface area contributed by atoms with E-state index in [2.05, 4.69) is 48.2 Å². The van der Waals surface area contributed by atoms with E-state index in [1.165, 1.54) is 0 Å². The highest BCUT2D eigenvalue weighted by Gasteiger charge is 2.40. The molecule has 2 aromatic rings. The molecule has 1 aromatic heterocycles. The smallest absolute Gasteiger partial charge is 0.174 e. The quantitative estimate of drug-likeness (QED) is 0.532. The summed E-state index contributed by atoms with van der Waals surface area (Å²) in [6.45, 7) is 11.2. The number of carbonyl (C=O) groups is 1. The number of hydrogen-bond acceptors (Lipinski definition) is 4. The first-order valence-electron chi connectivity index (χ1n) is 10.4. The third-order valence-corrected chi connectivity index (χ3v) is 5.81. The van der Waals surface area contributed by atoms with Crippen LogP contribution in [0.25, 0.3) is 0 Å². The van der Waals surface area contributed by atoms with Crippen LogP contribution in [0.4, 0.5) is 5.69 Å². The van der Waals surface area contributed by atoms with Gasteiger partial charge in [-0.2, -0.15) is 0 Å². The Morgan fingerprint density at radius 3 is 2.30 bits per heavy atom. The molecule has 3 rings (SSSR count). The summed E-state index contributed by atoms with van der Waals surface area (Å²) in [6, 6.07) is 13.7. The van der Waals surface area contributed by atoms with E-state index < -0.39 is 0 Å². The Kier molecular flexibility index (Phi) is 6.58. The SMILES string of the molecule is CC(=O)c1ccc(NC(=S)N(Cc2ccccn2)C2CC(C)(C)NC(C)(C)C2)cc1. The molecule has 0 atom stereocenters. The van der Waals surface area contributed by atoms with E-state index in [9.17, 15) is 4.79 Å². The molecule has 6 heteroatoms. The number of nitrogens with one attached hydrogen (secondary N) is 2. The normalized spacial score (nSPS) is 17.9.